The van der Waals surface area contributed by atoms with Gasteiger partial charge in [0.05, 0.1) is 19.4 Å². The molecule has 3 aromatic rings. The summed E-state index contributed by atoms with van der Waals surface area (Å²) >= 11 is 6.19. The summed E-state index contributed by atoms with van der Waals surface area (Å²) in [5, 5.41) is 4.05. The minimum absolute atomic E-state index is 0. The molecule has 0 radical (unpaired) electrons. The topological polar surface area (TPSA) is 43.6 Å². The molecule has 1 aromatic heterocycles. The van der Waals surface area contributed by atoms with E-state index in [9.17, 15) is 0 Å². The van der Waals surface area contributed by atoms with Crippen molar-refractivity contribution in [3.8, 4) is 11.5 Å². The van der Waals surface area contributed by atoms with Crippen molar-refractivity contribution in [2.75, 3.05) is 6.61 Å². The average molecular weight is 408 g/mol. The molecular formula is C21H23Cl2NO3. The van der Waals surface area contributed by atoms with Crippen molar-refractivity contribution >= 4 is 24.0 Å². The fourth-order valence-corrected chi connectivity index (χ4v) is 2.75. The summed E-state index contributed by atoms with van der Waals surface area (Å²) in [5.41, 5.74) is 2.06. The molecule has 0 bridgehead atoms. The van der Waals surface area contributed by atoms with Crippen molar-refractivity contribution in [1.29, 1.82) is 0 Å². The van der Waals surface area contributed by atoms with Gasteiger partial charge in [0.15, 0.2) is 11.5 Å². The normalized spacial score (nSPS) is 10.3. The van der Waals surface area contributed by atoms with Crippen LogP contribution in [0.15, 0.2) is 65.3 Å². The van der Waals surface area contributed by atoms with Gasteiger partial charge in [0.2, 0.25) is 0 Å². The summed E-state index contributed by atoms with van der Waals surface area (Å²) in [6.07, 6.45) is 1.68. The summed E-state index contributed by atoms with van der Waals surface area (Å²) in [6.45, 7) is 4.33. The van der Waals surface area contributed by atoms with Gasteiger partial charge in [-0.15, -0.1) is 12.4 Å². The first-order chi connectivity index (χ1) is 12.8. The number of rotatable bonds is 9. The van der Waals surface area contributed by atoms with E-state index in [1.54, 1.807) is 6.26 Å². The lowest BCUT2D eigenvalue weighted by Crippen LogP contribution is -2.12. The number of hydrogen-bond acceptors (Lipinski definition) is 4. The molecule has 6 heteroatoms. The zero-order valence-electron chi connectivity index (χ0n) is 15.1. The standard InChI is InChI=1S/C21H22ClNO3.ClH/c1-2-24-21-12-16(13-23-14-18-7-5-11-25-18)9-10-20(21)26-15-17-6-3-4-8-19(17)22;/h3-12,23H,2,13-15H2,1H3;1H. The van der Waals surface area contributed by atoms with E-state index in [0.29, 0.717) is 37.1 Å². The SMILES string of the molecule is CCOc1cc(CNCc2ccco2)ccc1OCc1ccccc1Cl.Cl. The Morgan fingerprint density at radius 3 is 2.56 bits per heavy atom. The third kappa shape index (κ3) is 6.21. The van der Waals surface area contributed by atoms with Gasteiger partial charge in [-0.05, 0) is 42.8 Å². The summed E-state index contributed by atoms with van der Waals surface area (Å²) in [5.74, 6) is 2.35. The Labute approximate surface area is 170 Å². The molecule has 27 heavy (non-hydrogen) atoms. The molecule has 0 atom stereocenters. The lowest BCUT2D eigenvalue weighted by Gasteiger charge is -2.14. The maximum absolute atomic E-state index is 6.19. The summed E-state index contributed by atoms with van der Waals surface area (Å²) in [4.78, 5) is 0. The molecule has 1 heterocycles. The Bertz CT molecular complexity index is 822. The highest BCUT2D eigenvalue weighted by atomic mass is 35.5. The molecule has 2 aromatic carbocycles. The van der Waals surface area contributed by atoms with Gasteiger partial charge in [0, 0.05) is 17.1 Å². The number of furan rings is 1. The van der Waals surface area contributed by atoms with Crippen molar-refractivity contribution in [2.24, 2.45) is 0 Å². The van der Waals surface area contributed by atoms with E-state index in [1.165, 1.54) is 0 Å². The first-order valence-electron chi connectivity index (χ1n) is 8.61. The molecular weight excluding hydrogens is 385 g/mol. The lowest BCUT2D eigenvalue weighted by molar-refractivity contribution is 0.269. The van der Waals surface area contributed by atoms with Crippen LogP contribution in [0.2, 0.25) is 5.02 Å². The molecule has 0 amide bonds. The van der Waals surface area contributed by atoms with Crippen molar-refractivity contribution in [2.45, 2.75) is 26.6 Å². The minimum Gasteiger partial charge on any atom is -0.490 e. The molecule has 0 unspecified atom stereocenters. The molecule has 0 aliphatic rings. The number of benzene rings is 2. The second kappa shape index (κ2) is 10.9. The summed E-state index contributed by atoms with van der Waals surface area (Å²) in [6, 6.07) is 17.5. The molecule has 0 saturated carbocycles. The van der Waals surface area contributed by atoms with Gasteiger partial charge in [-0.3, -0.25) is 0 Å². The van der Waals surface area contributed by atoms with Crippen LogP contribution in [-0.4, -0.2) is 6.61 Å². The van der Waals surface area contributed by atoms with Gasteiger partial charge in [-0.1, -0.05) is 35.9 Å². The second-order valence-corrected chi connectivity index (χ2v) is 6.18. The van der Waals surface area contributed by atoms with E-state index < -0.39 is 0 Å². The van der Waals surface area contributed by atoms with E-state index in [0.717, 1.165) is 22.6 Å². The molecule has 0 spiro atoms. The third-order valence-corrected chi connectivity index (χ3v) is 4.23. The van der Waals surface area contributed by atoms with Gasteiger partial charge in [0.1, 0.15) is 12.4 Å². The summed E-state index contributed by atoms with van der Waals surface area (Å²) in [7, 11) is 0. The van der Waals surface area contributed by atoms with Crippen molar-refractivity contribution in [3.63, 3.8) is 0 Å². The maximum Gasteiger partial charge on any atom is 0.161 e. The maximum atomic E-state index is 6.19. The van der Waals surface area contributed by atoms with Crippen LogP contribution in [0.5, 0.6) is 11.5 Å². The lowest BCUT2D eigenvalue weighted by atomic mass is 10.2. The highest BCUT2D eigenvalue weighted by Crippen LogP contribution is 2.30. The fourth-order valence-electron chi connectivity index (χ4n) is 2.56. The van der Waals surface area contributed by atoms with Crippen LogP contribution in [0.25, 0.3) is 0 Å². The quantitative estimate of drug-likeness (QED) is 0.499. The first-order valence-corrected chi connectivity index (χ1v) is 8.99. The van der Waals surface area contributed by atoms with Crippen molar-refractivity contribution in [1.82, 2.24) is 5.32 Å². The Kier molecular flexibility index (Phi) is 8.52. The number of nitrogens with one attached hydrogen (secondary N) is 1. The highest BCUT2D eigenvalue weighted by Gasteiger charge is 2.08. The van der Waals surface area contributed by atoms with E-state index in [1.807, 2.05) is 61.5 Å². The Morgan fingerprint density at radius 2 is 1.81 bits per heavy atom. The van der Waals surface area contributed by atoms with E-state index in [-0.39, 0.29) is 12.4 Å². The molecule has 3 rings (SSSR count). The van der Waals surface area contributed by atoms with E-state index >= 15 is 0 Å². The predicted octanol–water partition coefficient (Wildman–Crippen LogP) is 5.62. The van der Waals surface area contributed by atoms with E-state index in [4.69, 9.17) is 25.5 Å². The van der Waals surface area contributed by atoms with Crippen LogP contribution in [0, 0.1) is 0 Å². The Hall–Kier alpha value is -2.14. The predicted molar refractivity (Wildman–Crippen MR) is 110 cm³/mol. The smallest absolute Gasteiger partial charge is 0.161 e. The van der Waals surface area contributed by atoms with Crippen LogP contribution >= 0.6 is 24.0 Å². The van der Waals surface area contributed by atoms with Crippen molar-refractivity contribution < 1.29 is 13.9 Å². The van der Waals surface area contributed by atoms with Crippen LogP contribution < -0.4 is 14.8 Å². The van der Waals surface area contributed by atoms with Gasteiger partial charge in [-0.2, -0.15) is 0 Å². The van der Waals surface area contributed by atoms with Gasteiger partial charge in [-0.25, -0.2) is 0 Å². The number of ether oxygens (including phenoxy) is 2. The number of halogens is 2. The van der Waals surface area contributed by atoms with E-state index in [2.05, 4.69) is 5.32 Å². The Morgan fingerprint density at radius 1 is 0.963 bits per heavy atom. The minimum atomic E-state index is 0. The number of hydrogen-bond donors (Lipinski definition) is 1. The summed E-state index contributed by atoms with van der Waals surface area (Å²) < 4.78 is 17.0. The third-order valence-electron chi connectivity index (χ3n) is 3.86. The highest BCUT2D eigenvalue weighted by molar-refractivity contribution is 6.31. The second-order valence-electron chi connectivity index (χ2n) is 5.78. The monoisotopic (exact) mass is 407 g/mol. The van der Waals surface area contributed by atoms with Gasteiger partial charge >= 0.3 is 0 Å². The Balaban J connectivity index is 0.00000261. The molecule has 0 fully saturated rings. The molecule has 0 saturated heterocycles. The fraction of sp³-hybridized carbons (Fsp3) is 0.238. The van der Waals surface area contributed by atoms with Crippen molar-refractivity contribution in [3.05, 3.63) is 82.8 Å². The largest absolute Gasteiger partial charge is 0.490 e. The zero-order chi connectivity index (χ0) is 18.2. The van der Waals surface area contributed by atoms with Gasteiger partial charge in [0.25, 0.3) is 0 Å². The van der Waals surface area contributed by atoms with Crippen LogP contribution in [0.4, 0.5) is 0 Å². The molecule has 0 aliphatic heterocycles. The molecule has 1 N–H and O–H groups in total. The van der Waals surface area contributed by atoms with Gasteiger partial charge < -0.3 is 19.2 Å². The molecule has 0 aliphatic carbocycles. The van der Waals surface area contributed by atoms with Crippen LogP contribution in [-0.2, 0) is 19.7 Å². The average Bonchev–Trinajstić information content (AvgIpc) is 3.16. The zero-order valence-corrected chi connectivity index (χ0v) is 16.7. The van der Waals surface area contributed by atoms with Crippen LogP contribution in [0.3, 0.4) is 0 Å². The first kappa shape index (κ1) is 21.2. The molecule has 144 valence electrons. The molecule has 4 nitrogen and oxygen atoms in total. The van der Waals surface area contributed by atoms with Crippen LogP contribution in [0.1, 0.15) is 23.8 Å².